The van der Waals surface area contributed by atoms with Crippen molar-refractivity contribution in [3.05, 3.63) is 54.0 Å². The predicted octanol–water partition coefficient (Wildman–Crippen LogP) is 4.50. The van der Waals surface area contributed by atoms with Gasteiger partial charge in [-0.15, -0.1) is 11.3 Å². The summed E-state index contributed by atoms with van der Waals surface area (Å²) in [6, 6.07) is 6.37. The van der Waals surface area contributed by atoms with Gasteiger partial charge in [-0.2, -0.15) is 0 Å². The Hall–Kier alpha value is -0.170. The molecule has 2 N–H and O–H groups in total. The highest BCUT2D eigenvalue weighted by molar-refractivity contribution is 14.1. The lowest BCUT2D eigenvalue weighted by Gasteiger charge is -2.12. The SMILES string of the molecule is Cc1cc(C(N)c2ccc(F)cc2I)sc1Cl. The van der Waals surface area contributed by atoms with Gasteiger partial charge in [-0.3, -0.25) is 0 Å². The second-order valence-corrected chi connectivity index (χ2v) is 6.60. The van der Waals surface area contributed by atoms with Gasteiger partial charge in [-0.1, -0.05) is 17.7 Å². The lowest BCUT2D eigenvalue weighted by atomic mass is 10.1. The van der Waals surface area contributed by atoms with Crippen LogP contribution in [0.15, 0.2) is 24.3 Å². The molecule has 0 aliphatic heterocycles. The summed E-state index contributed by atoms with van der Waals surface area (Å²) in [7, 11) is 0. The summed E-state index contributed by atoms with van der Waals surface area (Å²) in [5, 5.41) is 0. The summed E-state index contributed by atoms with van der Waals surface area (Å²) < 4.78 is 14.6. The Morgan fingerprint density at radius 3 is 2.65 bits per heavy atom. The maximum Gasteiger partial charge on any atom is 0.124 e. The smallest absolute Gasteiger partial charge is 0.124 e. The van der Waals surface area contributed by atoms with Crippen molar-refractivity contribution in [3.63, 3.8) is 0 Å². The molecule has 1 nitrogen and oxygen atoms in total. The van der Waals surface area contributed by atoms with Crippen molar-refractivity contribution in [1.29, 1.82) is 0 Å². The van der Waals surface area contributed by atoms with Gasteiger partial charge in [0.05, 0.1) is 10.4 Å². The molecule has 0 bridgehead atoms. The van der Waals surface area contributed by atoms with Gasteiger partial charge in [0.1, 0.15) is 5.82 Å². The van der Waals surface area contributed by atoms with Gasteiger partial charge >= 0.3 is 0 Å². The van der Waals surface area contributed by atoms with E-state index < -0.39 is 0 Å². The van der Waals surface area contributed by atoms with Gasteiger partial charge < -0.3 is 5.73 Å². The Bertz CT molecular complexity index is 536. The van der Waals surface area contributed by atoms with Crippen molar-refractivity contribution < 1.29 is 4.39 Å². The lowest BCUT2D eigenvalue weighted by Crippen LogP contribution is -2.11. The molecular weight excluding hydrogens is 372 g/mol. The van der Waals surface area contributed by atoms with E-state index in [2.05, 4.69) is 22.6 Å². The van der Waals surface area contributed by atoms with Crippen molar-refractivity contribution in [2.24, 2.45) is 5.73 Å². The van der Waals surface area contributed by atoms with E-state index in [4.69, 9.17) is 17.3 Å². The van der Waals surface area contributed by atoms with Crippen LogP contribution in [0.4, 0.5) is 4.39 Å². The number of hydrogen-bond acceptors (Lipinski definition) is 2. The minimum atomic E-state index is -0.251. The molecule has 0 amide bonds. The zero-order valence-electron chi connectivity index (χ0n) is 9.01. The highest BCUT2D eigenvalue weighted by Gasteiger charge is 2.16. The fourth-order valence-electron chi connectivity index (χ4n) is 1.54. The largest absolute Gasteiger partial charge is 0.320 e. The number of hydrogen-bond donors (Lipinski definition) is 1. The fraction of sp³-hybridized carbons (Fsp3) is 0.167. The molecule has 0 aliphatic rings. The van der Waals surface area contributed by atoms with E-state index in [1.807, 2.05) is 13.0 Å². The van der Waals surface area contributed by atoms with Crippen LogP contribution in [0.1, 0.15) is 22.0 Å². The van der Waals surface area contributed by atoms with Crippen LogP contribution < -0.4 is 5.73 Å². The Labute approximate surface area is 122 Å². The topological polar surface area (TPSA) is 26.0 Å². The van der Waals surface area contributed by atoms with E-state index in [1.165, 1.54) is 23.5 Å². The Balaban J connectivity index is 2.39. The third-order valence-electron chi connectivity index (χ3n) is 2.48. The molecule has 2 rings (SSSR count). The van der Waals surface area contributed by atoms with Crippen molar-refractivity contribution in [3.8, 4) is 0 Å². The maximum absolute atomic E-state index is 13.0. The van der Waals surface area contributed by atoms with Crippen LogP contribution in [0, 0.1) is 16.3 Å². The number of aryl methyl sites for hydroxylation is 1. The normalized spacial score (nSPS) is 12.8. The van der Waals surface area contributed by atoms with E-state index in [1.54, 1.807) is 6.07 Å². The quantitative estimate of drug-likeness (QED) is 0.762. The van der Waals surface area contributed by atoms with Crippen LogP contribution in [0.5, 0.6) is 0 Å². The second kappa shape index (κ2) is 5.22. The van der Waals surface area contributed by atoms with Gasteiger partial charge in [-0.25, -0.2) is 4.39 Å². The molecule has 0 saturated carbocycles. The number of nitrogens with two attached hydrogens (primary N) is 1. The highest BCUT2D eigenvalue weighted by Crippen LogP contribution is 2.34. The molecule has 2 aromatic rings. The average Bonchev–Trinajstić information content (AvgIpc) is 2.58. The highest BCUT2D eigenvalue weighted by atomic mass is 127. The van der Waals surface area contributed by atoms with Crippen molar-refractivity contribution in [1.82, 2.24) is 0 Å². The van der Waals surface area contributed by atoms with E-state index in [0.29, 0.717) is 0 Å². The van der Waals surface area contributed by atoms with Crippen LogP contribution in [0.3, 0.4) is 0 Å². The van der Waals surface area contributed by atoms with E-state index in [9.17, 15) is 4.39 Å². The van der Waals surface area contributed by atoms with E-state index in [-0.39, 0.29) is 11.9 Å². The first-order chi connectivity index (χ1) is 7.99. The standard InChI is InChI=1S/C12H10ClFINS/c1-6-4-10(17-12(6)13)11(16)8-3-2-7(14)5-9(8)15/h2-5,11H,16H2,1H3. The summed E-state index contributed by atoms with van der Waals surface area (Å²) in [4.78, 5) is 0.997. The third-order valence-corrected chi connectivity index (χ3v) is 5.05. The minimum Gasteiger partial charge on any atom is -0.320 e. The molecule has 5 heteroatoms. The monoisotopic (exact) mass is 381 g/mol. The molecule has 0 saturated heterocycles. The summed E-state index contributed by atoms with van der Waals surface area (Å²) in [5.74, 6) is -0.245. The van der Waals surface area contributed by atoms with Crippen LogP contribution in [0.25, 0.3) is 0 Å². The number of thiophene rings is 1. The van der Waals surface area contributed by atoms with Crippen LogP contribution in [0.2, 0.25) is 4.34 Å². The Morgan fingerprint density at radius 1 is 1.41 bits per heavy atom. The number of rotatable bonds is 2. The molecular formula is C12H10ClFINS. The van der Waals surface area contributed by atoms with Crippen molar-refractivity contribution in [2.75, 3.05) is 0 Å². The summed E-state index contributed by atoms with van der Waals surface area (Å²) in [5.41, 5.74) is 8.12. The molecule has 0 fully saturated rings. The Kier molecular flexibility index (Phi) is 4.07. The zero-order valence-corrected chi connectivity index (χ0v) is 12.7. The Morgan fingerprint density at radius 2 is 2.12 bits per heavy atom. The van der Waals surface area contributed by atoms with Gasteiger partial charge in [0.2, 0.25) is 0 Å². The first kappa shape index (κ1) is 13.3. The summed E-state index contributed by atoms with van der Waals surface area (Å²) in [6.45, 7) is 1.95. The fourth-order valence-corrected chi connectivity index (χ4v) is 3.59. The number of halogens is 3. The molecule has 0 aliphatic carbocycles. The van der Waals surface area contributed by atoms with Gasteiger partial charge in [0.15, 0.2) is 0 Å². The van der Waals surface area contributed by atoms with Gasteiger partial charge in [0, 0.05) is 8.45 Å². The molecule has 0 radical (unpaired) electrons. The molecule has 1 atom stereocenters. The van der Waals surface area contributed by atoms with Crippen LogP contribution >= 0.6 is 45.5 Å². The minimum absolute atomic E-state index is 0.245. The molecule has 1 aromatic heterocycles. The molecule has 90 valence electrons. The summed E-state index contributed by atoms with van der Waals surface area (Å²) in [6.07, 6.45) is 0. The lowest BCUT2D eigenvalue weighted by molar-refractivity contribution is 0.625. The summed E-state index contributed by atoms with van der Waals surface area (Å²) >= 11 is 9.60. The molecule has 0 spiro atoms. The molecule has 1 unspecified atom stereocenters. The first-order valence-electron chi connectivity index (χ1n) is 4.95. The first-order valence-corrected chi connectivity index (χ1v) is 7.22. The third kappa shape index (κ3) is 2.81. The molecule has 1 heterocycles. The predicted molar refractivity (Wildman–Crippen MR) is 79.2 cm³/mol. The van der Waals surface area contributed by atoms with Crippen LogP contribution in [-0.2, 0) is 0 Å². The van der Waals surface area contributed by atoms with E-state index in [0.717, 1.165) is 23.9 Å². The molecule has 17 heavy (non-hydrogen) atoms. The van der Waals surface area contributed by atoms with Crippen LogP contribution in [-0.4, -0.2) is 0 Å². The van der Waals surface area contributed by atoms with Gasteiger partial charge in [-0.05, 0) is 58.8 Å². The number of benzene rings is 1. The van der Waals surface area contributed by atoms with Crippen molar-refractivity contribution >= 4 is 45.5 Å². The van der Waals surface area contributed by atoms with Crippen molar-refractivity contribution in [2.45, 2.75) is 13.0 Å². The zero-order chi connectivity index (χ0) is 12.6. The van der Waals surface area contributed by atoms with E-state index >= 15 is 0 Å². The maximum atomic E-state index is 13.0. The second-order valence-electron chi connectivity index (χ2n) is 3.75. The average molecular weight is 382 g/mol. The van der Waals surface area contributed by atoms with Gasteiger partial charge in [0.25, 0.3) is 0 Å². The molecule has 1 aromatic carbocycles.